The van der Waals surface area contributed by atoms with E-state index in [0.29, 0.717) is 12.1 Å². The zero-order chi connectivity index (χ0) is 11.4. The molecule has 1 aromatic rings. The van der Waals surface area contributed by atoms with Crippen molar-refractivity contribution in [2.45, 2.75) is 13.0 Å². The van der Waals surface area contributed by atoms with Crippen LogP contribution in [0.3, 0.4) is 0 Å². The molecule has 0 saturated heterocycles. The summed E-state index contributed by atoms with van der Waals surface area (Å²) in [5.74, 6) is -0.0846. The van der Waals surface area contributed by atoms with Gasteiger partial charge < -0.3 is 11.1 Å². The van der Waals surface area contributed by atoms with Crippen molar-refractivity contribution in [1.82, 2.24) is 5.32 Å². The normalized spacial score (nSPS) is 11.5. The molecule has 0 heterocycles. The van der Waals surface area contributed by atoms with E-state index in [2.05, 4.69) is 43.8 Å². The van der Waals surface area contributed by atoms with Gasteiger partial charge in [0.1, 0.15) is 0 Å². The maximum atomic E-state index is 11.8. The third-order valence-electron chi connectivity index (χ3n) is 1.90. The molecule has 0 aliphatic carbocycles. The Morgan fingerprint density at radius 3 is 2.81 bits per heavy atom. The average Bonchev–Trinajstić information content (AvgIpc) is 2.21. The van der Waals surface area contributed by atoms with Gasteiger partial charge in [-0.25, -0.2) is 0 Å². The van der Waals surface area contributed by atoms with Crippen molar-refractivity contribution in [3.63, 3.8) is 0 Å². The quantitative estimate of drug-likeness (QED) is 0.740. The molecule has 0 unspecified atom stereocenters. The van der Waals surface area contributed by atoms with Crippen LogP contribution in [0.1, 0.15) is 17.3 Å². The van der Waals surface area contributed by atoms with E-state index < -0.39 is 0 Å². The molecular weight excluding hydrogens is 406 g/mol. The van der Waals surface area contributed by atoms with Crippen LogP contribution < -0.4 is 11.1 Å². The number of hydrogen-bond donors (Lipinski definition) is 2. The Bertz CT molecular complexity index is 376. The summed E-state index contributed by atoms with van der Waals surface area (Å²) in [6, 6.07) is 5.60. The third kappa shape index (κ3) is 4.57. The Morgan fingerprint density at radius 2 is 2.25 bits per heavy atom. The highest BCUT2D eigenvalue weighted by atomic mass is 127. The molecule has 3 nitrogen and oxygen atoms in total. The molecule has 0 saturated carbocycles. The second-order valence-electron chi connectivity index (χ2n) is 3.23. The molecule has 16 heavy (non-hydrogen) atoms. The first-order valence-corrected chi connectivity index (χ1v) is 6.37. The highest BCUT2D eigenvalue weighted by molar-refractivity contribution is 14.1. The van der Waals surface area contributed by atoms with E-state index in [4.69, 9.17) is 5.73 Å². The molecule has 0 bridgehead atoms. The first-order valence-electron chi connectivity index (χ1n) is 4.50. The lowest BCUT2D eigenvalue weighted by molar-refractivity contribution is 0.0940. The number of benzene rings is 1. The third-order valence-corrected chi connectivity index (χ3v) is 3.34. The molecule has 6 heteroatoms. The predicted octanol–water partition coefficient (Wildman–Crippen LogP) is 2.55. The number of carbonyl (C=O) groups is 1. The SMILES string of the molecule is C[C@@H](CN)NC(=O)c1cc(Br)ccc1I.Cl. The molecule has 0 radical (unpaired) electrons. The summed E-state index contributed by atoms with van der Waals surface area (Å²) in [6.45, 7) is 2.32. The Balaban J connectivity index is 0.00000225. The van der Waals surface area contributed by atoms with Crippen LogP contribution in [0.4, 0.5) is 0 Å². The minimum atomic E-state index is -0.0846. The number of nitrogens with one attached hydrogen (secondary N) is 1. The maximum Gasteiger partial charge on any atom is 0.252 e. The number of halogens is 3. The minimum Gasteiger partial charge on any atom is -0.348 e. The topological polar surface area (TPSA) is 55.1 Å². The zero-order valence-corrected chi connectivity index (χ0v) is 13.2. The van der Waals surface area contributed by atoms with Gasteiger partial charge in [0.25, 0.3) is 5.91 Å². The molecule has 3 N–H and O–H groups in total. The maximum absolute atomic E-state index is 11.8. The monoisotopic (exact) mass is 418 g/mol. The van der Waals surface area contributed by atoms with Crippen molar-refractivity contribution in [3.8, 4) is 0 Å². The lowest BCUT2D eigenvalue weighted by atomic mass is 10.2. The molecule has 1 atom stereocenters. The van der Waals surface area contributed by atoms with Gasteiger partial charge in [0.2, 0.25) is 0 Å². The fraction of sp³-hybridized carbons (Fsp3) is 0.300. The fourth-order valence-electron chi connectivity index (χ4n) is 1.03. The highest BCUT2D eigenvalue weighted by Gasteiger charge is 2.12. The summed E-state index contributed by atoms with van der Waals surface area (Å²) >= 11 is 5.48. The lowest BCUT2D eigenvalue weighted by Gasteiger charge is -2.12. The first-order chi connectivity index (χ1) is 7.04. The largest absolute Gasteiger partial charge is 0.348 e. The van der Waals surface area contributed by atoms with Gasteiger partial charge in [0.15, 0.2) is 0 Å². The second-order valence-corrected chi connectivity index (χ2v) is 5.31. The van der Waals surface area contributed by atoms with Crippen LogP contribution in [-0.4, -0.2) is 18.5 Å². The Morgan fingerprint density at radius 1 is 1.62 bits per heavy atom. The average molecular weight is 419 g/mol. The summed E-state index contributed by atoms with van der Waals surface area (Å²) in [4.78, 5) is 11.8. The van der Waals surface area contributed by atoms with Crippen molar-refractivity contribution in [2.75, 3.05) is 6.54 Å². The molecule has 0 aliphatic rings. The van der Waals surface area contributed by atoms with Crippen LogP contribution in [0.15, 0.2) is 22.7 Å². The summed E-state index contributed by atoms with van der Waals surface area (Å²) in [5.41, 5.74) is 6.11. The standard InChI is InChI=1S/C10H12BrIN2O.ClH/c1-6(5-13)14-10(15)8-4-7(11)2-3-9(8)12;/h2-4,6H,5,13H2,1H3,(H,14,15);1H/t6-;/m0./s1. The predicted molar refractivity (Wildman–Crippen MR) is 80.1 cm³/mol. The van der Waals surface area contributed by atoms with Gasteiger partial charge in [0, 0.05) is 20.6 Å². The van der Waals surface area contributed by atoms with E-state index in [0.717, 1.165) is 8.04 Å². The van der Waals surface area contributed by atoms with E-state index in [9.17, 15) is 4.79 Å². The van der Waals surface area contributed by atoms with Crippen LogP contribution in [0, 0.1) is 3.57 Å². The van der Waals surface area contributed by atoms with Crippen LogP contribution in [0.5, 0.6) is 0 Å². The van der Waals surface area contributed by atoms with Crippen molar-refractivity contribution >= 4 is 56.8 Å². The van der Waals surface area contributed by atoms with Gasteiger partial charge in [0.05, 0.1) is 5.56 Å². The van der Waals surface area contributed by atoms with Crippen molar-refractivity contribution in [2.24, 2.45) is 5.73 Å². The Hall–Kier alpha value is 0.150. The van der Waals surface area contributed by atoms with Crippen molar-refractivity contribution in [1.29, 1.82) is 0 Å². The minimum absolute atomic E-state index is 0. The number of nitrogens with two attached hydrogens (primary N) is 1. The van der Waals surface area contributed by atoms with E-state index >= 15 is 0 Å². The van der Waals surface area contributed by atoms with Gasteiger partial charge >= 0.3 is 0 Å². The number of carbonyl (C=O) groups excluding carboxylic acids is 1. The zero-order valence-electron chi connectivity index (χ0n) is 8.67. The van der Waals surface area contributed by atoms with E-state index in [1.807, 2.05) is 19.1 Å². The number of amides is 1. The lowest BCUT2D eigenvalue weighted by Crippen LogP contribution is -2.38. The molecular formula is C10H13BrClIN2O. The fourth-order valence-corrected chi connectivity index (χ4v) is 1.97. The number of rotatable bonds is 3. The summed E-state index contributed by atoms with van der Waals surface area (Å²) in [7, 11) is 0. The van der Waals surface area contributed by atoms with Gasteiger partial charge in [-0.1, -0.05) is 15.9 Å². The molecule has 1 amide bonds. The molecule has 0 aliphatic heterocycles. The van der Waals surface area contributed by atoms with Gasteiger partial charge in [-0.05, 0) is 47.7 Å². The van der Waals surface area contributed by atoms with Crippen LogP contribution in [0.2, 0.25) is 0 Å². The molecule has 0 fully saturated rings. The molecule has 90 valence electrons. The first kappa shape index (κ1) is 16.1. The van der Waals surface area contributed by atoms with Gasteiger partial charge in [-0.3, -0.25) is 4.79 Å². The molecule has 0 aromatic heterocycles. The Labute approximate surface area is 123 Å². The van der Waals surface area contributed by atoms with E-state index in [-0.39, 0.29) is 24.4 Å². The summed E-state index contributed by atoms with van der Waals surface area (Å²) < 4.78 is 1.82. The smallest absolute Gasteiger partial charge is 0.252 e. The Kier molecular flexibility index (Phi) is 7.54. The van der Waals surface area contributed by atoms with Crippen LogP contribution >= 0.6 is 50.9 Å². The van der Waals surface area contributed by atoms with Crippen molar-refractivity contribution in [3.05, 3.63) is 31.8 Å². The summed E-state index contributed by atoms with van der Waals surface area (Å²) in [5, 5.41) is 2.82. The highest BCUT2D eigenvalue weighted by Crippen LogP contribution is 2.18. The van der Waals surface area contributed by atoms with Crippen LogP contribution in [-0.2, 0) is 0 Å². The molecule has 1 rings (SSSR count). The van der Waals surface area contributed by atoms with Gasteiger partial charge in [-0.15, -0.1) is 12.4 Å². The van der Waals surface area contributed by atoms with E-state index in [1.165, 1.54) is 0 Å². The van der Waals surface area contributed by atoms with Gasteiger partial charge in [-0.2, -0.15) is 0 Å². The van der Waals surface area contributed by atoms with Crippen LogP contribution in [0.25, 0.3) is 0 Å². The summed E-state index contributed by atoms with van der Waals surface area (Å²) in [6.07, 6.45) is 0. The van der Waals surface area contributed by atoms with Crippen molar-refractivity contribution < 1.29 is 4.79 Å². The number of hydrogen-bond acceptors (Lipinski definition) is 2. The van der Waals surface area contributed by atoms with E-state index in [1.54, 1.807) is 6.07 Å². The molecule has 0 spiro atoms. The second kappa shape index (κ2) is 7.47. The molecule has 1 aromatic carbocycles.